The van der Waals surface area contributed by atoms with Gasteiger partial charge in [0, 0.05) is 17.0 Å². The first-order valence-corrected chi connectivity index (χ1v) is 7.25. The zero-order valence-electron chi connectivity index (χ0n) is 7.43. The van der Waals surface area contributed by atoms with E-state index in [1.807, 2.05) is 6.07 Å². The zero-order valence-corrected chi connectivity index (χ0v) is 10.4. The van der Waals surface area contributed by atoms with E-state index in [9.17, 15) is 8.42 Å². The van der Waals surface area contributed by atoms with Gasteiger partial charge >= 0.3 is 0 Å². The molecule has 1 aliphatic rings. The van der Waals surface area contributed by atoms with E-state index in [0.717, 1.165) is 4.43 Å². The molecule has 2 unspecified atom stereocenters. The fourth-order valence-corrected chi connectivity index (χ4v) is 3.94. The Balaban J connectivity index is 2.27. The quantitative estimate of drug-likeness (QED) is 0.480. The summed E-state index contributed by atoms with van der Waals surface area (Å²) in [6, 6.07) is 8.79. The molecular weight excluding hydrogens is 313 g/mol. The van der Waals surface area contributed by atoms with E-state index in [-0.39, 0.29) is 6.04 Å². The first-order chi connectivity index (χ1) is 6.66. The zero-order chi connectivity index (χ0) is 10.2. The van der Waals surface area contributed by atoms with Crippen molar-refractivity contribution >= 4 is 32.6 Å². The van der Waals surface area contributed by atoms with Gasteiger partial charge in [0.05, 0.1) is 4.90 Å². The van der Waals surface area contributed by atoms with Crippen molar-refractivity contribution in [2.45, 2.75) is 10.9 Å². The minimum absolute atomic E-state index is 0.209. The molecule has 1 aromatic carbocycles. The van der Waals surface area contributed by atoms with Crippen LogP contribution in [0.5, 0.6) is 0 Å². The molecule has 0 N–H and O–H groups in total. The van der Waals surface area contributed by atoms with Crippen molar-refractivity contribution in [2.75, 3.05) is 11.0 Å². The van der Waals surface area contributed by atoms with E-state index in [1.54, 1.807) is 24.3 Å². The predicted octanol–water partition coefficient (Wildman–Crippen LogP) is 1.49. The normalized spacial score (nSPS) is 26.1. The Bertz CT molecular complexity index is 418. The summed E-state index contributed by atoms with van der Waals surface area (Å²) in [6.07, 6.45) is 0. The van der Waals surface area contributed by atoms with Crippen LogP contribution in [-0.4, -0.2) is 29.7 Å². The Labute approximate surface area is 97.3 Å². The third kappa shape index (κ3) is 1.80. The molecule has 5 heteroatoms. The van der Waals surface area contributed by atoms with Gasteiger partial charge in [-0.15, -0.1) is 0 Å². The molecule has 0 aromatic heterocycles. The molecule has 1 aliphatic heterocycles. The van der Waals surface area contributed by atoms with Crippen LogP contribution in [0.15, 0.2) is 35.2 Å². The van der Waals surface area contributed by atoms with Crippen LogP contribution in [0.1, 0.15) is 0 Å². The molecule has 1 aromatic rings. The van der Waals surface area contributed by atoms with Crippen molar-refractivity contribution < 1.29 is 8.42 Å². The Morgan fingerprint density at radius 1 is 1.36 bits per heavy atom. The first kappa shape index (κ1) is 10.4. The third-order valence-corrected chi connectivity index (χ3v) is 5.14. The number of alkyl halides is 1. The average Bonchev–Trinajstić information content (AvgIpc) is 2.98. The summed E-state index contributed by atoms with van der Waals surface area (Å²) in [4.78, 5) is 0.396. The Hall–Kier alpha value is -0.140. The molecule has 14 heavy (non-hydrogen) atoms. The van der Waals surface area contributed by atoms with Crippen LogP contribution >= 0.6 is 22.6 Å². The fourth-order valence-electron chi connectivity index (χ4n) is 1.31. The highest BCUT2D eigenvalue weighted by Gasteiger charge is 2.43. The molecule has 1 heterocycles. The van der Waals surface area contributed by atoms with Gasteiger partial charge in [0.1, 0.15) is 0 Å². The van der Waals surface area contributed by atoms with Gasteiger partial charge < -0.3 is 0 Å². The molecular formula is C9H10INO2S. The lowest BCUT2D eigenvalue weighted by Gasteiger charge is -2.04. The largest absolute Gasteiger partial charge is 0.243 e. The SMILES string of the molecule is O=S(=O)(c1ccccc1)N1CC1CI. The minimum Gasteiger partial charge on any atom is -0.207 e. The number of hydrogen-bond acceptors (Lipinski definition) is 2. The lowest BCUT2D eigenvalue weighted by molar-refractivity contribution is 0.556. The molecule has 1 fully saturated rings. The number of rotatable bonds is 3. The van der Waals surface area contributed by atoms with Crippen molar-refractivity contribution in [3.63, 3.8) is 0 Å². The Kier molecular flexibility index (Phi) is 2.81. The second-order valence-electron chi connectivity index (χ2n) is 3.20. The smallest absolute Gasteiger partial charge is 0.207 e. The summed E-state index contributed by atoms with van der Waals surface area (Å²) < 4.78 is 26.2. The summed E-state index contributed by atoms with van der Waals surface area (Å²) in [7, 11) is -3.20. The van der Waals surface area contributed by atoms with Gasteiger partial charge in [0.2, 0.25) is 10.0 Å². The van der Waals surface area contributed by atoms with Crippen LogP contribution in [-0.2, 0) is 10.0 Å². The predicted molar refractivity (Wildman–Crippen MR) is 63.0 cm³/mol. The second kappa shape index (κ2) is 3.79. The number of sulfonamides is 1. The molecule has 76 valence electrons. The molecule has 0 spiro atoms. The summed E-state index contributed by atoms with van der Waals surface area (Å²) >= 11 is 2.21. The van der Waals surface area contributed by atoms with Crippen LogP contribution < -0.4 is 0 Å². The van der Waals surface area contributed by atoms with Crippen LogP contribution in [0.25, 0.3) is 0 Å². The van der Waals surface area contributed by atoms with Crippen molar-refractivity contribution in [3.05, 3.63) is 30.3 Å². The lowest BCUT2D eigenvalue weighted by Crippen LogP contribution is -2.14. The number of hydrogen-bond donors (Lipinski definition) is 0. The van der Waals surface area contributed by atoms with E-state index < -0.39 is 10.0 Å². The van der Waals surface area contributed by atoms with Gasteiger partial charge in [0.25, 0.3) is 0 Å². The minimum atomic E-state index is -3.20. The van der Waals surface area contributed by atoms with E-state index >= 15 is 0 Å². The summed E-state index contributed by atoms with van der Waals surface area (Å²) in [6.45, 7) is 0.667. The number of halogens is 1. The maximum Gasteiger partial charge on any atom is 0.243 e. The molecule has 0 radical (unpaired) electrons. The molecule has 2 atom stereocenters. The molecule has 0 amide bonds. The van der Waals surface area contributed by atoms with E-state index in [0.29, 0.717) is 11.4 Å². The number of benzene rings is 1. The first-order valence-electron chi connectivity index (χ1n) is 4.29. The molecule has 0 aliphatic carbocycles. The van der Waals surface area contributed by atoms with Crippen LogP contribution in [0.4, 0.5) is 0 Å². The van der Waals surface area contributed by atoms with Gasteiger partial charge in [-0.05, 0) is 12.1 Å². The number of nitrogens with zero attached hydrogens (tertiary/aromatic N) is 1. The van der Waals surface area contributed by atoms with E-state index in [2.05, 4.69) is 22.6 Å². The highest BCUT2D eigenvalue weighted by Crippen LogP contribution is 2.28. The molecule has 0 bridgehead atoms. The highest BCUT2D eigenvalue weighted by molar-refractivity contribution is 14.1. The van der Waals surface area contributed by atoms with Crippen LogP contribution in [0, 0.1) is 0 Å². The summed E-state index contributed by atoms with van der Waals surface area (Å²) in [5, 5.41) is 0. The highest BCUT2D eigenvalue weighted by atomic mass is 127. The fraction of sp³-hybridized carbons (Fsp3) is 0.333. The maximum absolute atomic E-state index is 11.9. The molecule has 2 rings (SSSR count). The van der Waals surface area contributed by atoms with Gasteiger partial charge in [0.15, 0.2) is 0 Å². The van der Waals surface area contributed by atoms with Gasteiger partial charge in [-0.25, -0.2) is 8.42 Å². The maximum atomic E-state index is 11.9. The molecule has 3 nitrogen and oxygen atoms in total. The Morgan fingerprint density at radius 3 is 2.50 bits per heavy atom. The third-order valence-electron chi connectivity index (χ3n) is 2.19. The summed E-state index contributed by atoms with van der Waals surface area (Å²) in [5.74, 6) is 0. The second-order valence-corrected chi connectivity index (χ2v) is 5.97. The van der Waals surface area contributed by atoms with E-state index in [4.69, 9.17) is 0 Å². The Morgan fingerprint density at radius 2 is 2.00 bits per heavy atom. The van der Waals surface area contributed by atoms with Crippen molar-refractivity contribution in [1.29, 1.82) is 0 Å². The van der Waals surface area contributed by atoms with Crippen molar-refractivity contribution in [2.24, 2.45) is 0 Å². The molecule has 0 saturated carbocycles. The summed E-state index contributed by atoms with van der Waals surface area (Å²) in [5.41, 5.74) is 0. The van der Waals surface area contributed by atoms with Crippen LogP contribution in [0.3, 0.4) is 0 Å². The average molecular weight is 323 g/mol. The van der Waals surface area contributed by atoms with Gasteiger partial charge in [-0.1, -0.05) is 40.8 Å². The molecule has 1 saturated heterocycles. The lowest BCUT2D eigenvalue weighted by atomic mass is 10.4. The monoisotopic (exact) mass is 323 g/mol. The van der Waals surface area contributed by atoms with Crippen LogP contribution in [0.2, 0.25) is 0 Å². The van der Waals surface area contributed by atoms with Crippen molar-refractivity contribution in [3.8, 4) is 0 Å². The standard InChI is InChI=1S/C9H10INO2S/c10-6-8-7-11(8)14(12,13)9-4-2-1-3-5-9/h1-5,8H,6-7H2. The van der Waals surface area contributed by atoms with Gasteiger partial charge in [-0.3, -0.25) is 0 Å². The topological polar surface area (TPSA) is 37.1 Å². The van der Waals surface area contributed by atoms with E-state index in [1.165, 1.54) is 4.31 Å². The van der Waals surface area contributed by atoms with Gasteiger partial charge in [-0.2, -0.15) is 4.31 Å². The van der Waals surface area contributed by atoms with Crippen molar-refractivity contribution in [1.82, 2.24) is 4.31 Å².